The van der Waals surface area contributed by atoms with Gasteiger partial charge in [0.2, 0.25) is 5.91 Å². The van der Waals surface area contributed by atoms with Gasteiger partial charge in [-0.15, -0.1) is 0 Å². The van der Waals surface area contributed by atoms with Gasteiger partial charge in [0, 0.05) is 46.2 Å². The first kappa shape index (κ1) is 23.5. The minimum Gasteiger partial charge on any atom is -0.379 e. The number of amides is 1. The zero-order valence-corrected chi connectivity index (χ0v) is 19.4. The second kappa shape index (κ2) is 12.1. The highest BCUT2D eigenvalue weighted by Gasteiger charge is 2.25. The summed E-state index contributed by atoms with van der Waals surface area (Å²) in [5.74, 6) is 1.60. The molecule has 0 spiro atoms. The zero-order valence-electron chi connectivity index (χ0n) is 19.4. The highest BCUT2D eigenvalue weighted by Crippen LogP contribution is 2.24. The maximum atomic E-state index is 11.7. The highest BCUT2D eigenvalue weighted by atomic mass is 16.5. The van der Waals surface area contributed by atoms with Crippen LogP contribution in [-0.2, 0) is 9.53 Å². The molecule has 172 valence electrons. The minimum absolute atomic E-state index is 0.144. The molecule has 2 aliphatic rings. The molecule has 0 aromatic heterocycles. The number of hydrogen-bond donors (Lipinski definition) is 2. The van der Waals surface area contributed by atoms with Crippen molar-refractivity contribution in [3.05, 3.63) is 35.4 Å². The lowest BCUT2D eigenvalue weighted by atomic mass is 9.93. The van der Waals surface area contributed by atoms with E-state index in [9.17, 15) is 4.79 Å². The van der Waals surface area contributed by atoms with Crippen LogP contribution in [0.5, 0.6) is 0 Å². The van der Waals surface area contributed by atoms with Crippen LogP contribution in [0.2, 0.25) is 0 Å². The van der Waals surface area contributed by atoms with Crippen LogP contribution in [0.3, 0.4) is 0 Å². The molecule has 0 aliphatic carbocycles. The summed E-state index contributed by atoms with van der Waals surface area (Å²) in [6, 6.07) is 9.05. The maximum Gasteiger partial charge on any atom is 0.220 e. The van der Waals surface area contributed by atoms with Crippen LogP contribution in [0.1, 0.15) is 43.4 Å². The number of aryl methyl sites for hydroxylation is 1. The van der Waals surface area contributed by atoms with Gasteiger partial charge < -0.3 is 20.3 Å². The number of aliphatic imine (C=N–C) groups is 1. The van der Waals surface area contributed by atoms with Gasteiger partial charge in [-0.2, -0.15) is 0 Å². The molecule has 1 aromatic rings. The maximum absolute atomic E-state index is 11.7. The predicted octanol–water partition coefficient (Wildman–Crippen LogP) is 2.18. The Labute approximate surface area is 187 Å². The molecular formula is C24H39N5O2. The SMILES string of the molecule is CCNC(=NCC(c1cccc(C)c1)N1CCOCC1)N1CCC(CC(=O)NC)CC1. The lowest BCUT2D eigenvalue weighted by Gasteiger charge is -2.36. The van der Waals surface area contributed by atoms with Crippen LogP contribution in [-0.4, -0.2) is 81.2 Å². The van der Waals surface area contributed by atoms with E-state index in [4.69, 9.17) is 9.73 Å². The Hall–Kier alpha value is -2.12. The smallest absolute Gasteiger partial charge is 0.220 e. The predicted molar refractivity (Wildman–Crippen MR) is 125 cm³/mol. The molecule has 2 aliphatic heterocycles. The lowest BCUT2D eigenvalue weighted by Crippen LogP contribution is -2.46. The molecule has 2 saturated heterocycles. The summed E-state index contributed by atoms with van der Waals surface area (Å²) >= 11 is 0. The number of piperidine rings is 1. The average molecular weight is 430 g/mol. The Morgan fingerprint density at radius 2 is 1.97 bits per heavy atom. The summed E-state index contributed by atoms with van der Waals surface area (Å²) in [6.07, 6.45) is 2.69. The van der Waals surface area contributed by atoms with Gasteiger partial charge in [0.25, 0.3) is 0 Å². The highest BCUT2D eigenvalue weighted by molar-refractivity contribution is 5.80. The average Bonchev–Trinajstić information content (AvgIpc) is 2.80. The van der Waals surface area contributed by atoms with E-state index in [1.807, 2.05) is 0 Å². The van der Waals surface area contributed by atoms with Crippen LogP contribution in [0.15, 0.2) is 29.3 Å². The van der Waals surface area contributed by atoms with E-state index in [0.29, 0.717) is 12.3 Å². The van der Waals surface area contributed by atoms with Crippen LogP contribution >= 0.6 is 0 Å². The molecule has 1 atom stereocenters. The first-order chi connectivity index (χ1) is 15.1. The van der Waals surface area contributed by atoms with Gasteiger partial charge in [-0.05, 0) is 38.2 Å². The number of carbonyl (C=O) groups is 1. The molecule has 2 heterocycles. The van der Waals surface area contributed by atoms with Gasteiger partial charge >= 0.3 is 0 Å². The van der Waals surface area contributed by atoms with E-state index >= 15 is 0 Å². The number of benzene rings is 1. The number of guanidine groups is 1. The molecule has 2 fully saturated rings. The quantitative estimate of drug-likeness (QED) is 0.514. The third kappa shape index (κ3) is 6.94. The molecule has 0 bridgehead atoms. The Bertz CT molecular complexity index is 724. The van der Waals surface area contributed by atoms with Crippen molar-refractivity contribution in [1.82, 2.24) is 20.4 Å². The van der Waals surface area contributed by atoms with Crippen molar-refractivity contribution in [2.24, 2.45) is 10.9 Å². The molecule has 1 aromatic carbocycles. The first-order valence-corrected chi connectivity index (χ1v) is 11.7. The standard InChI is InChI=1S/C24H39N5O2/c1-4-26-24(29-10-8-20(9-11-29)17-23(30)25-3)27-18-22(28-12-14-31-15-13-28)21-7-5-6-19(2)16-21/h5-7,16,20,22H,4,8-15,17-18H2,1-3H3,(H,25,30)(H,26,27). The van der Waals surface area contributed by atoms with Crippen LogP contribution in [0.4, 0.5) is 0 Å². The van der Waals surface area contributed by atoms with E-state index in [1.54, 1.807) is 7.05 Å². The van der Waals surface area contributed by atoms with E-state index in [2.05, 4.69) is 58.5 Å². The zero-order chi connectivity index (χ0) is 22.1. The fourth-order valence-electron chi connectivity index (χ4n) is 4.51. The van der Waals surface area contributed by atoms with Gasteiger partial charge in [-0.3, -0.25) is 14.7 Å². The number of hydrogen-bond acceptors (Lipinski definition) is 4. The Kier molecular flexibility index (Phi) is 9.15. The van der Waals surface area contributed by atoms with Crippen molar-refractivity contribution in [2.45, 2.75) is 39.2 Å². The molecule has 0 saturated carbocycles. The Balaban J connectivity index is 1.69. The third-order valence-electron chi connectivity index (χ3n) is 6.33. The summed E-state index contributed by atoms with van der Waals surface area (Å²) < 4.78 is 5.59. The second-order valence-electron chi connectivity index (χ2n) is 8.58. The fraction of sp³-hybridized carbons (Fsp3) is 0.667. The molecule has 7 nitrogen and oxygen atoms in total. The number of rotatable bonds is 7. The van der Waals surface area contributed by atoms with Crippen molar-refractivity contribution in [2.75, 3.05) is 59.5 Å². The van der Waals surface area contributed by atoms with E-state index in [1.165, 1.54) is 11.1 Å². The molecule has 0 radical (unpaired) electrons. The number of likely N-dealkylation sites (tertiary alicyclic amines) is 1. The Morgan fingerprint density at radius 1 is 1.23 bits per heavy atom. The van der Waals surface area contributed by atoms with Crippen molar-refractivity contribution < 1.29 is 9.53 Å². The van der Waals surface area contributed by atoms with Crippen LogP contribution in [0, 0.1) is 12.8 Å². The molecule has 1 unspecified atom stereocenters. The number of carbonyl (C=O) groups excluding carboxylic acids is 1. The first-order valence-electron chi connectivity index (χ1n) is 11.7. The second-order valence-corrected chi connectivity index (χ2v) is 8.58. The lowest BCUT2D eigenvalue weighted by molar-refractivity contribution is -0.121. The van der Waals surface area contributed by atoms with Crippen molar-refractivity contribution in [3.63, 3.8) is 0 Å². The largest absolute Gasteiger partial charge is 0.379 e. The number of morpholine rings is 1. The minimum atomic E-state index is 0.144. The summed E-state index contributed by atoms with van der Waals surface area (Å²) in [7, 11) is 1.71. The van der Waals surface area contributed by atoms with Gasteiger partial charge in [0.15, 0.2) is 5.96 Å². The molecule has 7 heteroatoms. The van der Waals surface area contributed by atoms with E-state index in [0.717, 1.165) is 71.3 Å². The molecule has 31 heavy (non-hydrogen) atoms. The summed E-state index contributed by atoms with van der Waals surface area (Å²) in [5.41, 5.74) is 2.61. The topological polar surface area (TPSA) is 69.2 Å². The fourth-order valence-corrected chi connectivity index (χ4v) is 4.51. The van der Waals surface area contributed by atoms with Gasteiger partial charge in [0.1, 0.15) is 0 Å². The van der Waals surface area contributed by atoms with Crippen molar-refractivity contribution in [1.29, 1.82) is 0 Å². The van der Waals surface area contributed by atoms with Gasteiger partial charge in [-0.1, -0.05) is 29.8 Å². The number of ether oxygens (including phenoxy) is 1. The molecule has 3 rings (SSSR count). The van der Waals surface area contributed by atoms with Crippen molar-refractivity contribution >= 4 is 11.9 Å². The normalized spacial score (nSPS) is 19.8. The van der Waals surface area contributed by atoms with E-state index in [-0.39, 0.29) is 11.9 Å². The number of nitrogens with one attached hydrogen (secondary N) is 2. The monoisotopic (exact) mass is 429 g/mol. The van der Waals surface area contributed by atoms with Gasteiger partial charge in [-0.25, -0.2) is 0 Å². The van der Waals surface area contributed by atoms with Gasteiger partial charge in [0.05, 0.1) is 25.8 Å². The summed E-state index contributed by atoms with van der Waals surface area (Å²) in [6.45, 7) is 11.2. The molecule has 1 amide bonds. The van der Waals surface area contributed by atoms with Crippen molar-refractivity contribution in [3.8, 4) is 0 Å². The molecular weight excluding hydrogens is 390 g/mol. The molecule has 2 N–H and O–H groups in total. The van der Waals surface area contributed by atoms with Crippen LogP contribution < -0.4 is 10.6 Å². The number of nitrogens with zero attached hydrogens (tertiary/aromatic N) is 3. The Morgan fingerprint density at radius 3 is 2.61 bits per heavy atom. The summed E-state index contributed by atoms with van der Waals surface area (Å²) in [5, 5.41) is 6.24. The van der Waals surface area contributed by atoms with E-state index < -0.39 is 0 Å². The summed E-state index contributed by atoms with van der Waals surface area (Å²) in [4.78, 5) is 21.7. The van der Waals surface area contributed by atoms with Crippen LogP contribution in [0.25, 0.3) is 0 Å². The third-order valence-corrected chi connectivity index (χ3v) is 6.33.